The maximum Gasteiger partial charge on any atom is 0.295 e. The predicted octanol–water partition coefficient (Wildman–Crippen LogP) is 6.20. The number of ketones is 1. The molecule has 1 heterocycles. The fraction of sp³-hybridized carbons (Fsp3) is 0.500. The molecule has 1 aliphatic rings. The van der Waals surface area contributed by atoms with E-state index in [2.05, 4.69) is 32.6 Å². The van der Waals surface area contributed by atoms with Gasteiger partial charge in [-0.1, -0.05) is 52.7 Å². The molecule has 2 aromatic rings. The number of unbranched alkanes of at least 4 members (excludes halogenated alkanes) is 2. The Morgan fingerprint density at radius 3 is 1.87 bits per heavy atom. The first-order valence-electron chi connectivity index (χ1n) is 14.4. The van der Waals surface area contributed by atoms with Gasteiger partial charge in [0.1, 0.15) is 17.3 Å². The van der Waals surface area contributed by atoms with Crippen LogP contribution >= 0.6 is 0 Å². The summed E-state index contributed by atoms with van der Waals surface area (Å²) in [5, 5.41) is 11.4. The van der Waals surface area contributed by atoms with Gasteiger partial charge in [0.15, 0.2) is 0 Å². The lowest BCUT2D eigenvalue weighted by Crippen LogP contribution is -2.33. The van der Waals surface area contributed by atoms with E-state index in [9.17, 15) is 14.7 Å². The molecule has 1 aliphatic heterocycles. The van der Waals surface area contributed by atoms with Crippen molar-refractivity contribution in [2.75, 3.05) is 39.4 Å². The number of hydrogen-bond acceptors (Lipinski definition) is 6. The topological polar surface area (TPSA) is 79.3 Å². The summed E-state index contributed by atoms with van der Waals surface area (Å²) in [5.41, 5.74) is 1.35. The van der Waals surface area contributed by atoms with Crippen molar-refractivity contribution >= 4 is 17.4 Å². The van der Waals surface area contributed by atoms with Crippen LogP contribution in [0.25, 0.3) is 5.76 Å². The number of hydrogen-bond donors (Lipinski definition) is 1. The van der Waals surface area contributed by atoms with Crippen molar-refractivity contribution in [3.05, 3.63) is 65.2 Å². The summed E-state index contributed by atoms with van der Waals surface area (Å²) in [5.74, 6) is 0.0279. The zero-order chi connectivity index (χ0) is 28.2. The van der Waals surface area contributed by atoms with Crippen LogP contribution in [0.5, 0.6) is 11.5 Å². The van der Waals surface area contributed by atoms with E-state index in [-0.39, 0.29) is 11.3 Å². The minimum atomic E-state index is -0.674. The predicted molar refractivity (Wildman–Crippen MR) is 155 cm³/mol. The molecule has 212 valence electrons. The maximum atomic E-state index is 13.3. The fourth-order valence-corrected chi connectivity index (χ4v) is 4.74. The highest BCUT2D eigenvalue weighted by Crippen LogP contribution is 2.40. The molecule has 3 rings (SSSR count). The molecule has 1 N–H and O–H groups in total. The minimum absolute atomic E-state index is 0.113. The van der Waals surface area contributed by atoms with Gasteiger partial charge in [-0.15, -0.1) is 0 Å². The Labute approximate surface area is 233 Å². The highest BCUT2D eigenvalue weighted by molar-refractivity contribution is 6.46. The number of aliphatic hydroxyl groups is 1. The number of rotatable bonds is 16. The summed E-state index contributed by atoms with van der Waals surface area (Å²) in [4.78, 5) is 30.5. The van der Waals surface area contributed by atoms with E-state index >= 15 is 0 Å². The van der Waals surface area contributed by atoms with E-state index in [1.807, 2.05) is 24.3 Å². The average Bonchev–Trinajstić information content (AvgIpc) is 3.21. The van der Waals surface area contributed by atoms with Crippen molar-refractivity contribution in [2.45, 2.75) is 65.8 Å². The summed E-state index contributed by atoms with van der Waals surface area (Å²) < 4.78 is 11.6. The van der Waals surface area contributed by atoms with E-state index in [1.54, 1.807) is 29.2 Å². The lowest BCUT2D eigenvalue weighted by atomic mass is 9.95. The van der Waals surface area contributed by atoms with Crippen molar-refractivity contribution in [1.29, 1.82) is 0 Å². The molecule has 39 heavy (non-hydrogen) atoms. The van der Waals surface area contributed by atoms with Gasteiger partial charge in [-0.25, -0.2) is 0 Å². The van der Waals surface area contributed by atoms with Gasteiger partial charge in [0, 0.05) is 12.1 Å². The first-order valence-corrected chi connectivity index (χ1v) is 14.4. The van der Waals surface area contributed by atoms with Crippen LogP contribution in [0, 0.1) is 0 Å². The van der Waals surface area contributed by atoms with Crippen LogP contribution in [-0.4, -0.2) is 66.0 Å². The highest BCUT2D eigenvalue weighted by atomic mass is 16.5. The molecule has 0 bridgehead atoms. The number of carbonyl (C=O) groups excluding carboxylic acids is 2. The van der Waals surface area contributed by atoms with E-state index < -0.39 is 17.7 Å². The minimum Gasteiger partial charge on any atom is -0.507 e. The van der Waals surface area contributed by atoms with Gasteiger partial charge < -0.3 is 24.4 Å². The van der Waals surface area contributed by atoms with Crippen LogP contribution in [0.3, 0.4) is 0 Å². The zero-order valence-electron chi connectivity index (χ0n) is 23.9. The van der Waals surface area contributed by atoms with Crippen molar-refractivity contribution in [3.8, 4) is 11.5 Å². The molecule has 1 atom stereocenters. The Morgan fingerprint density at radius 2 is 1.36 bits per heavy atom. The van der Waals surface area contributed by atoms with Crippen LogP contribution in [0.2, 0.25) is 0 Å². The Kier molecular flexibility index (Phi) is 11.9. The van der Waals surface area contributed by atoms with Crippen LogP contribution in [0.15, 0.2) is 54.1 Å². The standard InChI is InChI=1S/C32H44N2O5/c1-5-9-22-38-26-16-12-24(13-17-26)29-28(30(35)25-14-18-27(19-15-25)39-23-10-6-2)31(36)32(37)34(29)21-11-20-33(7-3)8-4/h12-19,29,35H,5-11,20-23H2,1-4H3/b30-28+. The molecule has 0 aromatic heterocycles. The van der Waals surface area contributed by atoms with Gasteiger partial charge in [0.2, 0.25) is 0 Å². The molecular weight excluding hydrogens is 492 g/mol. The summed E-state index contributed by atoms with van der Waals surface area (Å²) in [6.07, 6.45) is 4.75. The number of likely N-dealkylation sites (tertiary alicyclic amines) is 1. The number of carbonyl (C=O) groups is 2. The van der Waals surface area contributed by atoms with E-state index in [1.165, 1.54) is 0 Å². The maximum absolute atomic E-state index is 13.3. The summed E-state index contributed by atoms with van der Waals surface area (Å²) in [7, 11) is 0. The van der Waals surface area contributed by atoms with Crippen molar-refractivity contribution in [1.82, 2.24) is 9.80 Å². The smallest absolute Gasteiger partial charge is 0.295 e. The van der Waals surface area contributed by atoms with Crippen LogP contribution < -0.4 is 9.47 Å². The van der Waals surface area contributed by atoms with Gasteiger partial charge in [-0.05, 0) is 80.9 Å². The second kappa shape index (κ2) is 15.3. The first kappa shape index (κ1) is 30.2. The SMILES string of the molecule is CCCCOc1ccc(/C(O)=C2\C(=O)C(=O)N(CCCN(CC)CC)C2c2ccc(OCCCC)cc2)cc1. The quantitative estimate of drug-likeness (QED) is 0.119. The van der Waals surface area contributed by atoms with Crippen molar-refractivity contribution in [3.63, 3.8) is 0 Å². The monoisotopic (exact) mass is 536 g/mol. The first-order chi connectivity index (χ1) is 18.9. The normalized spacial score (nSPS) is 16.7. The molecule has 2 aromatic carbocycles. The number of amides is 1. The molecule has 1 saturated heterocycles. The summed E-state index contributed by atoms with van der Waals surface area (Å²) in [6, 6.07) is 13.8. The molecule has 7 heteroatoms. The third-order valence-electron chi connectivity index (χ3n) is 7.16. The van der Waals surface area contributed by atoms with Gasteiger partial charge in [0.05, 0.1) is 24.8 Å². The van der Waals surface area contributed by atoms with Gasteiger partial charge in [-0.2, -0.15) is 0 Å². The molecule has 0 radical (unpaired) electrons. The molecule has 0 saturated carbocycles. The second-order valence-corrected chi connectivity index (χ2v) is 9.87. The van der Waals surface area contributed by atoms with E-state index in [0.29, 0.717) is 31.1 Å². The van der Waals surface area contributed by atoms with Crippen LogP contribution in [-0.2, 0) is 9.59 Å². The number of benzene rings is 2. The molecule has 0 spiro atoms. The highest BCUT2D eigenvalue weighted by Gasteiger charge is 2.45. The molecule has 1 fully saturated rings. The molecule has 1 amide bonds. The largest absolute Gasteiger partial charge is 0.507 e. The fourth-order valence-electron chi connectivity index (χ4n) is 4.74. The summed E-state index contributed by atoms with van der Waals surface area (Å²) in [6.45, 7) is 12.8. The Balaban J connectivity index is 1.93. The number of nitrogens with zero attached hydrogens (tertiary/aromatic N) is 2. The van der Waals surface area contributed by atoms with E-state index in [0.717, 1.165) is 63.1 Å². The number of Topliss-reactive ketones (excluding diaryl/α,β-unsaturated/α-hetero) is 1. The van der Waals surface area contributed by atoms with Crippen LogP contribution in [0.4, 0.5) is 0 Å². The molecule has 1 unspecified atom stereocenters. The van der Waals surface area contributed by atoms with Crippen molar-refractivity contribution < 1.29 is 24.2 Å². The third-order valence-corrected chi connectivity index (χ3v) is 7.16. The summed E-state index contributed by atoms with van der Waals surface area (Å²) >= 11 is 0. The average molecular weight is 537 g/mol. The Hall–Kier alpha value is -3.32. The van der Waals surface area contributed by atoms with Gasteiger partial charge in [-0.3, -0.25) is 9.59 Å². The number of ether oxygens (including phenoxy) is 2. The third kappa shape index (κ3) is 7.85. The van der Waals surface area contributed by atoms with Crippen LogP contribution in [0.1, 0.15) is 77.0 Å². The zero-order valence-corrected chi connectivity index (χ0v) is 23.9. The Bertz CT molecular complexity index is 1090. The van der Waals surface area contributed by atoms with Crippen molar-refractivity contribution in [2.24, 2.45) is 0 Å². The van der Waals surface area contributed by atoms with Gasteiger partial charge >= 0.3 is 0 Å². The molecule has 7 nitrogen and oxygen atoms in total. The lowest BCUT2D eigenvalue weighted by molar-refractivity contribution is -0.140. The number of aliphatic hydroxyl groups excluding tert-OH is 1. The van der Waals surface area contributed by atoms with Gasteiger partial charge in [0.25, 0.3) is 11.7 Å². The second-order valence-electron chi connectivity index (χ2n) is 9.87. The van der Waals surface area contributed by atoms with E-state index in [4.69, 9.17) is 9.47 Å². The lowest BCUT2D eigenvalue weighted by Gasteiger charge is -2.27. The Morgan fingerprint density at radius 1 is 0.821 bits per heavy atom. The molecule has 0 aliphatic carbocycles. The molecular formula is C32H44N2O5.